The fourth-order valence-corrected chi connectivity index (χ4v) is 4.75. The number of rotatable bonds is 7. The first-order valence-electron chi connectivity index (χ1n) is 11.2. The standard InChI is InChI=1S/C29H24ClN3OS/c1-19-8-11-21(12-9-19)24-17-27(22-6-4-3-5-7-22)33-29(25(24)18-31)35-15-14-28(34)32-26-16-23(30)13-10-20(26)2/h3-13,16-17H,14-15H2,1-2H3,(H,32,34). The maximum atomic E-state index is 12.6. The third-order valence-electron chi connectivity index (χ3n) is 5.57. The molecule has 3 aromatic carbocycles. The van der Waals surface area contributed by atoms with Gasteiger partial charge in [-0.25, -0.2) is 4.98 Å². The highest BCUT2D eigenvalue weighted by molar-refractivity contribution is 7.99. The molecular formula is C29H24ClN3OS. The molecule has 0 saturated heterocycles. The summed E-state index contributed by atoms with van der Waals surface area (Å²) in [6.07, 6.45) is 0.276. The average Bonchev–Trinajstić information content (AvgIpc) is 2.87. The summed E-state index contributed by atoms with van der Waals surface area (Å²) in [5.41, 5.74) is 6.89. The largest absolute Gasteiger partial charge is 0.326 e. The van der Waals surface area contributed by atoms with Crippen LogP contribution in [0.3, 0.4) is 0 Å². The second-order valence-corrected chi connectivity index (χ2v) is 9.71. The predicted octanol–water partition coefficient (Wildman–Crippen LogP) is 7.68. The number of pyridine rings is 1. The minimum Gasteiger partial charge on any atom is -0.326 e. The summed E-state index contributed by atoms with van der Waals surface area (Å²) in [5.74, 6) is 0.373. The molecule has 0 spiro atoms. The Morgan fingerprint density at radius 2 is 1.74 bits per heavy atom. The molecule has 4 nitrogen and oxygen atoms in total. The van der Waals surface area contributed by atoms with E-state index in [4.69, 9.17) is 16.6 Å². The highest BCUT2D eigenvalue weighted by atomic mass is 35.5. The Morgan fingerprint density at radius 1 is 1.00 bits per heavy atom. The van der Waals surface area contributed by atoms with Gasteiger partial charge in [-0.15, -0.1) is 11.8 Å². The molecule has 6 heteroatoms. The molecular weight excluding hydrogens is 474 g/mol. The molecule has 0 aliphatic carbocycles. The van der Waals surface area contributed by atoms with Crippen molar-refractivity contribution < 1.29 is 4.79 Å². The average molecular weight is 498 g/mol. The normalized spacial score (nSPS) is 10.6. The summed E-state index contributed by atoms with van der Waals surface area (Å²) in [5, 5.41) is 14.2. The maximum Gasteiger partial charge on any atom is 0.225 e. The predicted molar refractivity (Wildman–Crippen MR) is 145 cm³/mol. The Hall–Kier alpha value is -3.59. The molecule has 0 radical (unpaired) electrons. The van der Waals surface area contributed by atoms with E-state index in [1.165, 1.54) is 11.8 Å². The molecule has 0 aliphatic heterocycles. The van der Waals surface area contributed by atoms with Crippen molar-refractivity contribution in [2.75, 3.05) is 11.1 Å². The van der Waals surface area contributed by atoms with Crippen LogP contribution in [-0.4, -0.2) is 16.6 Å². The van der Waals surface area contributed by atoms with Gasteiger partial charge < -0.3 is 5.32 Å². The topological polar surface area (TPSA) is 65.8 Å². The number of thioether (sulfide) groups is 1. The molecule has 4 aromatic rings. The highest BCUT2D eigenvalue weighted by Crippen LogP contribution is 2.34. The van der Waals surface area contributed by atoms with E-state index in [-0.39, 0.29) is 12.3 Å². The van der Waals surface area contributed by atoms with Crippen LogP contribution in [0.25, 0.3) is 22.4 Å². The fourth-order valence-electron chi connectivity index (χ4n) is 3.63. The Labute approximate surface area is 215 Å². The lowest BCUT2D eigenvalue weighted by Gasteiger charge is -2.13. The molecule has 0 aliphatic rings. The first-order chi connectivity index (χ1) is 16.9. The Balaban J connectivity index is 1.60. The minimum atomic E-state index is -0.112. The minimum absolute atomic E-state index is 0.112. The van der Waals surface area contributed by atoms with Crippen molar-refractivity contribution in [2.45, 2.75) is 25.3 Å². The molecule has 4 rings (SSSR count). The summed E-state index contributed by atoms with van der Waals surface area (Å²) in [6.45, 7) is 3.96. The van der Waals surface area contributed by atoms with E-state index in [2.05, 4.69) is 11.4 Å². The molecule has 1 aromatic heterocycles. The second kappa shape index (κ2) is 11.2. The molecule has 1 amide bonds. The third-order valence-corrected chi connectivity index (χ3v) is 6.78. The van der Waals surface area contributed by atoms with Gasteiger partial charge in [0, 0.05) is 34.0 Å². The molecule has 174 valence electrons. The van der Waals surface area contributed by atoms with E-state index in [1.54, 1.807) is 12.1 Å². The number of halogens is 1. The van der Waals surface area contributed by atoms with Crippen LogP contribution in [0.15, 0.2) is 83.9 Å². The monoisotopic (exact) mass is 497 g/mol. The van der Waals surface area contributed by atoms with Gasteiger partial charge in [-0.3, -0.25) is 4.79 Å². The van der Waals surface area contributed by atoms with Gasteiger partial charge in [-0.1, -0.05) is 77.8 Å². The molecule has 1 heterocycles. The SMILES string of the molecule is Cc1ccc(-c2cc(-c3ccccc3)nc(SCCC(=O)Nc3cc(Cl)ccc3C)c2C#N)cc1. The molecule has 1 N–H and O–H groups in total. The Bertz CT molecular complexity index is 1400. The van der Waals surface area contributed by atoms with Crippen LogP contribution in [-0.2, 0) is 4.79 Å². The number of aromatic nitrogens is 1. The number of carbonyl (C=O) groups excluding carboxylic acids is 1. The zero-order valence-corrected chi connectivity index (χ0v) is 21.1. The molecule has 0 atom stereocenters. The van der Waals surface area contributed by atoms with E-state index >= 15 is 0 Å². The summed E-state index contributed by atoms with van der Waals surface area (Å²) in [7, 11) is 0. The number of nitrogens with one attached hydrogen (secondary N) is 1. The molecule has 0 fully saturated rings. The fraction of sp³-hybridized carbons (Fsp3) is 0.138. The van der Waals surface area contributed by atoms with Crippen LogP contribution in [0.2, 0.25) is 5.02 Å². The van der Waals surface area contributed by atoms with Crippen LogP contribution in [0.5, 0.6) is 0 Å². The third kappa shape index (κ3) is 6.10. The quantitative estimate of drug-likeness (QED) is 0.266. The lowest BCUT2D eigenvalue weighted by Crippen LogP contribution is -2.13. The van der Waals surface area contributed by atoms with Gasteiger partial charge in [-0.2, -0.15) is 5.26 Å². The van der Waals surface area contributed by atoms with Crippen molar-refractivity contribution in [2.24, 2.45) is 0 Å². The molecule has 0 saturated carbocycles. The van der Waals surface area contributed by atoms with Gasteiger partial charge in [0.1, 0.15) is 11.1 Å². The Morgan fingerprint density at radius 3 is 2.46 bits per heavy atom. The number of anilines is 1. The van der Waals surface area contributed by atoms with Crippen LogP contribution in [0, 0.1) is 25.2 Å². The molecule has 0 bridgehead atoms. The lowest BCUT2D eigenvalue weighted by molar-refractivity contribution is -0.115. The smallest absolute Gasteiger partial charge is 0.225 e. The number of hydrogen-bond donors (Lipinski definition) is 1. The van der Waals surface area contributed by atoms with Gasteiger partial charge in [-0.05, 0) is 43.2 Å². The molecule has 35 heavy (non-hydrogen) atoms. The highest BCUT2D eigenvalue weighted by Gasteiger charge is 2.16. The van der Waals surface area contributed by atoms with Gasteiger partial charge >= 0.3 is 0 Å². The zero-order chi connectivity index (χ0) is 24.8. The molecule has 0 unspecified atom stereocenters. The zero-order valence-electron chi connectivity index (χ0n) is 19.5. The van der Waals surface area contributed by atoms with Gasteiger partial charge in [0.05, 0.1) is 11.3 Å². The van der Waals surface area contributed by atoms with Crippen molar-refractivity contribution in [3.05, 3.63) is 101 Å². The van der Waals surface area contributed by atoms with E-state index in [1.807, 2.05) is 80.6 Å². The van der Waals surface area contributed by atoms with Gasteiger partial charge in [0.2, 0.25) is 5.91 Å². The van der Waals surface area contributed by atoms with Crippen molar-refractivity contribution in [1.29, 1.82) is 5.26 Å². The van der Waals surface area contributed by atoms with E-state index < -0.39 is 0 Å². The maximum absolute atomic E-state index is 12.6. The van der Waals surface area contributed by atoms with E-state index in [9.17, 15) is 10.1 Å². The number of hydrogen-bond acceptors (Lipinski definition) is 4. The van der Waals surface area contributed by atoms with Gasteiger partial charge in [0.15, 0.2) is 0 Å². The van der Waals surface area contributed by atoms with Crippen LogP contribution < -0.4 is 5.32 Å². The number of benzene rings is 3. The number of nitriles is 1. The van der Waals surface area contributed by atoms with Crippen LogP contribution in [0.1, 0.15) is 23.1 Å². The van der Waals surface area contributed by atoms with Crippen molar-refractivity contribution >= 4 is 35.0 Å². The summed E-state index contributed by atoms with van der Waals surface area (Å²) in [4.78, 5) is 17.4. The van der Waals surface area contributed by atoms with E-state index in [0.29, 0.717) is 27.1 Å². The number of amides is 1. The number of nitrogens with zero attached hydrogens (tertiary/aromatic N) is 2. The number of aryl methyl sites for hydroxylation is 2. The Kier molecular flexibility index (Phi) is 7.87. The van der Waals surface area contributed by atoms with Crippen molar-refractivity contribution in [3.63, 3.8) is 0 Å². The van der Waals surface area contributed by atoms with E-state index in [0.717, 1.165) is 33.5 Å². The lowest BCUT2D eigenvalue weighted by atomic mass is 9.98. The summed E-state index contributed by atoms with van der Waals surface area (Å²) >= 11 is 7.48. The second-order valence-electron chi connectivity index (χ2n) is 8.18. The summed E-state index contributed by atoms with van der Waals surface area (Å²) < 4.78 is 0. The van der Waals surface area contributed by atoms with Crippen LogP contribution in [0.4, 0.5) is 5.69 Å². The van der Waals surface area contributed by atoms with Crippen molar-refractivity contribution in [1.82, 2.24) is 4.98 Å². The first kappa shape index (κ1) is 24.5. The number of carbonyl (C=O) groups is 1. The summed E-state index contributed by atoms with van der Waals surface area (Å²) in [6, 6.07) is 27.8. The van der Waals surface area contributed by atoms with Gasteiger partial charge in [0.25, 0.3) is 0 Å². The first-order valence-corrected chi connectivity index (χ1v) is 12.6. The van der Waals surface area contributed by atoms with Crippen LogP contribution >= 0.6 is 23.4 Å². The van der Waals surface area contributed by atoms with Crippen molar-refractivity contribution in [3.8, 4) is 28.5 Å².